The van der Waals surface area contributed by atoms with Gasteiger partial charge in [-0.05, 0) is 18.4 Å². The lowest BCUT2D eigenvalue weighted by Gasteiger charge is -2.21. The van der Waals surface area contributed by atoms with E-state index in [0.717, 1.165) is 17.3 Å². The van der Waals surface area contributed by atoms with Gasteiger partial charge in [0.1, 0.15) is 16.7 Å². The zero-order valence-corrected chi connectivity index (χ0v) is 12.5. The number of methoxy groups -OCH3 is 1. The maximum atomic E-state index is 6.01. The van der Waals surface area contributed by atoms with E-state index in [-0.39, 0.29) is 0 Å². The molecule has 0 radical (unpaired) electrons. The Bertz CT molecular complexity index is 580. The van der Waals surface area contributed by atoms with Crippen LogP contribution in [0, 0.1) is 0 Å². The summed E-state index contributed by atoms with van der Waals surface area (Å²) in [6, 6.07) is 9.48. The highest BCUT2D eigenvalue weighted by atomic mass is 35.5. The number of para-hydroxylation sites is 2. The first-order chi connectivity index (χ1) is 9.15. The molecule has 0 unspecified atom stereocenters. The number of hydrogen-bond acceptors (Lipinski definition) is 5. The van der Waals surface area contributed by atoms with Crippen LogP contribution in [0.4, 0.5) is 11.5 Å². The van der Waals surface area contributed by atoms with Gasteiger partial charge in [-0.1, -0.05) is 35.5 Å². The lowest BCUT2D eigenvalue weighted by molar-refractivity contribution is 0.415. The van der Waals surface area contributed by atoms with Crippen LogP contribution < -0.4 is 9.64 Å². The third-order valence-electron chi connectivity index (χ3n) is 2.63. The Morgan fingerprint density at radius 1 is 1.26 bits per heavy atom. The van der Waals surface area contributed by atoms with Crippen molar-refractivity contribution in [1.29, 1.82) is 0 Å². The van der Waals surface area contributed by atoms with Gasteiger partial charge in [0.05, 0.1) is 12.8 Å². The van der Waals surface area contributed by atoms with Gasteiger partial charge >= 0.3 is 0 Å². The quantitative estimate of drug-likeness (QED) is 0.489. The number of halogens is 1. The summed E-state index contributed by atoms with van der Waals surface area (Å²) in [6.07, 6.45) is 1.92. The van der Waals surface area contributed by atoms with Gasteiger partial charge in [-0.3, -0.25) is 0 Å². The first kappa shape index (κ1) is 14.0. The van der Waals surface area contributed by atoms with Crippen LogP contribution in [0.15, 0.2) is 35.5 Å². The van der Waals surface area contributed by atoms with Crippen LogP contribution in [-0.2, 0) is 0 Å². The maximum Gasteiger partial charge on any atom is 0.190 e. The molecule has 100 valence electrons. The molecule has 0 N–H and O–H groups in total. The number of rotatable bonds is 4. The number of hydrogen-bond donors (Lipinski definition) is 0. The average Bonchev–Trinajstić information content (AvgIpc) is 2.45. The molecule has 0 aliphatic heterocycles. The Morgan fingerprint density at radius 2 is 2.00 bits per heavy atom. The third kappa shape index (κ3) is 3.11. The normalized spacial score (nSPS) is 10.3. The fraction of sp³-hybridized carbons (Fsp3) is 0.231. The van der Waals surface area contributed by atoms with E-state index in [1.165, 1.54) is 11.8 Å². The van der Waals surface area contributed by atoms with Crippen molar-refractivity contribution in [3.8, 4) is 5.75 Å². The zero-order valence-electron chi connectivity index (χ0n) is 10.9. The van der Waals surface area contributed by atoms with Crippen molar-refractivity contribution >= 4 is 34.9 Å². The molecule has 1 heterocycles. The topological polar surface area (TPSA) is 38.2 Å². The molecular weight excluding hydrogens is 282 g/mol. The smallest absolute Gasteiger partial charge is 0.190 e. The molecular formula is C13H14ClN3OS. The molecule has 2 rings (SSSR count). The van der Waals surface area contributed by atoms with Crippen molar-refractivity contribution in [2.45, 2.75) is 5.16 Å². The van der Waals surface area contributed by atoms with Gasteiger partial charge in [0.15, 0.2) is 5.16 Å². The third-order valence-corrected chi connectivity index (χ3v) is 3.37. The largest absolute Gasteiger partial charge is 0.495 e. The molecule has 0 amide bonds. The van der Waals surface area contributed by atoms with Gasteiger partial charge in [-0.15, -0.1) is 0 Å². The molecule has 0 aliphatic rings. The summed E-state index contributed by atoms with van der Waals surface area (Å²) in [7, 11) is 3.56. The second-order valence-electron chi connectivity index (χ2n) is 3.77. The molecule has 0 atom stereocenters. The number of thioether (sulfide) groups is 1. The molecule has 0 saturated carbocycles. The van der Waals surface area contributed by atoms with Gasteiger partial charge in [-0.25, -0.2) is 9.97 Å². The lowest BCUT2D eigenvalue weighted by atomic mass is 10.2. The van der Waals surface area contributed by atoms with Crippen LogP contribution >= 0.6 is 23.4 Å². The summed E-state index contributed by atoms with van der Waals surface area (Å²) >= 11 is 7.47. The molecule has 1 aromatic carbocycles. The summed E-state index contributed by atoms with van der Waals surface area (Å²) in [6.45, 7) is 0. The highest BCUT2D eigenvalue weighted by molar-refractivity contribution is 7.98. The zero-order chi connectivity index (χ0) is 13.8. The average molecular weight is 296 g/mol. The molecule has 1 aromatic heterocycles. The van der Waals surface area contributed by atoms with E-state index in [9.17, 15) is 0 Å². The van der Waals surface area contributed by atoms with Crippen molar-refractivity contribution < 1.29 is 4.74 Å². The standard InChI is InChI=1S/C13H14ClN3OS/c1-17(9-6-4-5-7-10(9)18-2)12-8-11(14)15-13(16-12)19-3/h4-8H,1-3H3. The molecule has 0 fully saturated rings. The predicted molar refractivity (Wildman–Crippen MR) is 79.9 cm³/mol. The van der Waals surface area contributed by atoms with Gasteiger partial charge in [0, 0.05) is 13.1 Å². The van der Waals surface area contributed by atoms with Crippen LogP contribution in [-0.4, -0.2) is 30.4 Å². The van der Waals surface area contributed by atoms with E-state index in [0.29, 0.717) is 10.3 Å². The molecule has 19 heavy (non-hydrogen) atoms. The van der Waals surface area contributed by atoms with Crippen molar-refractivity contribution in [2.24, 2.45) is 0 Å². The first-order valence-electron chi connectivity index (χ1n) is 5.61. The predicted octanol–water partition coefficient (Wildman–Crippen LogP) is 3.63. The fourth-order valence-corrected chi connectivity index (χ4v) is 2.28. The van der Waals surface area contributed by atoms with E-state index < -0.39 is 0 Å². The van der Waals surface area contributed by atoms with Crippen LogP contribution in [0.2, 0.25) is 5.15 Å². The van der Waals surface area contributed by atoms with Gasteiger partial charge in [0.2, 0.25) is 0 Å². The molecule has 2 aromatic rings. The Balaban J connectivity index is 2.43. The Labute approximate surface area is 121 Å². The second kappa shape index (κ2) is 6.12. The minimum Gasteiger partial charge on any atom is -0.495 e. The second-order valence-corrected chi connectivity index (χ2v) is 4.93. The van der Waals surface area contributed by atoms with Crippen molar-refractivity contribution in [1.82, 2.24) is 9.97 Å². The summed E-state index contributed by atoms with van der Waals surface area (Å²) in [5.74, 6) is 1.51. The molecule has 0 spiro atoms. The van der Waals surface area contributed by atoms with E-state index in [1.807, 2.05) is 42.5 Å². The van der Waals surface area contributed by atoms with E-state index >= 15 is 0 Å². The van der Waals surface area contributed by atoms with Crippen LogP contribution in [0.3, 0.4) is 0 Å². The van der Waals surface area contributed by atoms with Gasteiger partial charge in [0.25, 0.3) is 0 Å². The lowest BCUT2D eigenvalue weighted by Crippen LogP contribution is -2.13. The summed E-state index contributed by atoms with van der Waals surface area (Å²) in [5.41, 5.74) is 0.923. The van der Waals surface area contributed by atoms with Gasteiger partial charge in [-0.2, -0.15) is 0 Å². The van der Waals surface area contributed by atoms with Crippen LogP contribution in [0.5, 0.6) is 5.75 Å². The first-order valence-corrected chi connectivity index (χ1v) is 7.21. The molecule has 0 aliphatic carbocycles. The number of benzene rings is 1. The molecule has 4 nitrogen and oxygen atoms in total. The number of nitrogens with zero attached hydrogens (tertiary/aromatic N) is 3. The van der Waals surface area contributed by atoms with Crippen LogP contribution in [0.25, 0.3) is 0 Å². The van der Waals surface area contributed by atoms with Crippen molar-refractivity contribution in [2.75, 3.05) is 25.3 Å². The number of anilines is 2. The van der Waals surface area contributed by atoms with E-state index in [2.05, 4.69) is 9.97 Å². The monoisotopic (exact) mass is 295 g/mol. The van der Waals surface area contributed by atoms with Crippen molar-refractivity contribution in [3.05, 3.63) is 35.5 Å². The molecule has 6 heteroatoms. The molecule has 0 saturated heterocycles. The minimum absolute atomic E-state index is 0.427. The summed E-state index contributed by atoms with van der Waals surface area (Å²) in [4.78, 5) is 10.5. The Kier molecular flexibility index (Phi) is 4.50. The highest BCUT2D eigenvalue weighted by Gasteiger charge is 2.12. The summed E-state index contributed by atoms with van der Waals surface area (Å²) in [5, 5.41) is 1.07. The number of ether oxygens (including phenoxy) is 1. The van der Waals surface area contributed by atoms with Crippen LogP contribution in [0.1, 0.15) is 0 Å². The highest BCUT2D eigenvalue weighted by Crippen LogP contribution is 2.32. The van der Waals surface area contributed by atoms with Crippen molar-refractivity contribution in [3.63, 3.8) is 0 Å². The SMILES string of the molecule is COc1ccccc1N(C)c1cc(Cl)nc(SC)n1. The minimum atomic E-state index is 0.427. The Morgan fingerprint density at radius 3 is 2.68 bits per heavy atom. The summed E-state index contributed by atoms with van der Waals surface area (Å²) < 4.78 is 5.35. The fourth-order valence-electron chi connectivity index (χ4n) is 1.68. The maximum absolute atomic E-state index is 6.01. The van der Waals surface area contributed by atoms with E-state index in [1.54, 1.807) is 13.2 Å². The number of aromatic nitrogens is 2. The van der Waals surface area contributed by atoms with E-state index in [4.69, 9.17) is 16.3 Å². The van der Waals surface area contributed by atoms with Gasteiger partial charge < -0.3 is 9.64 Å². The Hall–Kier alpha value is -1.46. The molecule has 0 bridgehead atoms.